The van der Waals surface area contributed by atoms with Crippen molar-refractivity contribution in [3.8, 4) is 5.75 Å². The molecule has 132 valence electrons. The summed E-state index contributed by atoms with van der Waals surface area (Å²) in [6, 6.07) is 3.91. The number of unbranched alkanes of at least 4 members (excludes halogenated alkanes) is 1. The number of carbonyl (C=O) groups is 2. The minimum absolute atomic E-state index is 0.0260. The van der Waals surface area contributed by atoms with Crippen LogP contribution in [-0.2, 0) is 14.3 Å². The van der Waals surface area contributed by atoms with Crippen LogP contribution < -0.4 is 4.74 Å². The van der Waals surface area contributed by atoms with Crippen LogP contribution in [0.5, 0.6) is 5.75 Å². The molecule has 0 fully saturated rings. The first-order valence-corrected chi connectivity index (χ1v) is 8.40. The van der Waals surface area contributed by atoms with Gasteiger partial charge in [-0.15, -0.1) is 0 Å². The van der Waals surface area contributed by atoms with Gasteiger partial charge in [-0.2, -0.15) is 0 Å². The van der Waals surface area contributed by atoms with Crippen molar-refractivity contribution < 1.29 is 23.5 Å². The lowest BCUT2D eigenvalue weighted by Crippen LogP contribution is -2.17. The van der Waals surface area contributed by atoms with E-state index < -0.39 is 17.8 Å². The Hall–Kier alpha value is -1.88. The molecule has 4 nitrogen and oxygen atoms in total. The van der Waals surface area contributed by atoms with Crippen molar-refractivity contribution >= 4 is 23.5 Å². The summed E-state index contributed by atoms with van der Waals surface area (Å²) in [6.07, 6.45) is 6.16. The molecule has 0 bridgehead atoms. The number of hydrogen-bond acceptors (Lipinski definition) is 4. The number of ether oxygens (including phenoxy) is 2. The average Bonchev–Trinajstić information content (AvgIpc) is 2.54. The zero-order chi connectivity index (χ0) is 17.9. The second-order valence-electron chi connectivity index (χ2n) is 5.30. The molecule has 0 saturated heterocycles. The van der Waals surface area contributed by atoms with E-state index in [2.05, 4.69) is 6.92 Å². The summed E-state index contributed by atoms with van der Waals surface area (Å²) in [4.78, 5) is 23.4. The second kappa shape index (κ2) is 10.8. The van der Waals surface area contributed by atoms with Gasteiger partial charge in [0.05, 0.1) is 5.02 Å². The van der Waals surface area contributed by atoms with Crippen LogP contribution in [0.25, 0.3) is 0 Å². The molecule has 0 spiro atoms. The third-order valence-corrected chi connectivity index (χ3v) is 3.55. The van der Waals surface area contributed by atoms with Crippen molar-refractivity contribution in [1.29, 1.82) is 0 Å². The number of benzene rings is 1. The minimum Gasteiger partial charge on any atom is -0.459 e. The molecule has 1 aromatic rings. The lowest BCUT2D eigenvalue weighted by molar-refractivity contribution is -0.144. The van der Waals surface area contributed by atoms with Gasteiger partial charge >= 0.3 is 11.9 Å². The predicted molar refractivity (Wildman–Crippen MR) is 90.5 cm³/mol. The molecular formula is C18H22ClFO4. The third kappa shape index (κ3) is 7.13. The van der Waals surface area contributed by atoms with Crippen LogP contribution in [0, 0.1) is 5.82 Å². The third-order valence-electron chi connectivity index (χ3n) is 3.25. The summed E-state index contributed by atoms with van der Waals surface area (Å²) in [5.41, 5.74) is 0. The van der Waals surface area contributed by atoms with Gasteiger partial charge in [-0.05, 0) is 25.0 Å². The van der Waals surface area contributed by atoms with Gasteiger partial charge in [-0.1, -0.05) is 50.8 Å². The fourth-order valence-corrected chi connectivity index (χ4v) is 2.27. The number of para-hydroxylation sites is 1. The maximum atomic E-state index is 13.5. The molecule has 0 aliphatic carbocycles. The molecule has 1 unspecified atom stereocenters. The van der Waals surface area contributed by atoms with E-state index in [9.17, 15) is 14.0 Å². The van der Waals surface area contributed by atoms with E-state index in [1.807, 2.05) is 6.92 Å². The van der Waals surface area contributed by atoms with E-state index in [0.717, 1.165) is 50.3 Å². The summed E-state index contributed by atoms with van der Waals surface area (Å²) in [5.74, 6) is -2.65. The molecule has 0 aliphatic heterocycles. The Morgan fingerprint density at radius 1 is 1.17 bits per heavy atom. The van der Waals surface area contributed by atoms with E-state index in [4.69, 9.17) is 21.1 Å². The molecule has 0 N–H and O–H groups in total. The van der Waals surface area contributed by atoms with Crippen LogP contribution in [-0.4, -0.2) is 18.0 Å². The van der Waals surface area contributed by atoms with E-state index in [-0.39, 0.29) is 16.9 Å². The highest BCUT2D eigenvalue weighted by atomic mass is 35.5. The molecule has 0 amide bonds. The quantitative estimate of drug-likeness (QED) is 0.361. The number of carbonyl (C=O) groups excluding carboxylic acids is 2. The molecule has 0 saturated carbocycles. The Morgan fingerprint density at radius 3 is 2.50 bits per heavy atom. The zero-order valence-electron chi connectivity index (χ0n) is 13.9. The van der Waals surface area contributed by atoms with Gasteiger partial charge in [-0.3, -0.25) is 0 Å². The van der Waals surface area contributed by atoms with Crippen molar-refractivity contribution in [2.75, 3.05) is 0 Å². The van der Waals surface area contributed by atoms with E-state index in [1.165, 1.54) is 12.1 Å². The molecule has 0 aliphatic rings. The van der Waals surface area contributed by atoms with Crippen molar-refractivity contribution in [2.24, 2.45) is 0 Å². The number of rotatable bonds is 9. The molecule has 1 aromatic carbocycles. The first-order valence-electron chi connectivity index (χ1n) is 8.02. The first kappa shape index (κ1) is 20.2. The highest BCUT2D eigenvalue weighted by Crippen LogP contribution is 2.27. The predicted octanol–water partition coefficient (Wildman–Crippen LogP) is 4.84. The van der Waals surface area contributed by atoms with Crippen LogP contribution in [0.2, 0.25) is 5.02 Å². The largest absolute Gasteiger partial charge is 0.459 e. The highest BCUT2D eigenvalue weighted by Gasteiger charge is 2.14. The van der Waals surface area contributed by atoms with Crippen molar-refractivity contribution in [1.82, 2.24) is 0 Å². The van der Waals surface area contributed by atoms with Gasteiger partial charge in [0.25, 0.3) is 0 Å². The van der Waals surface area contributed by atoms with Crippen LogP contribution >= 0.6 is 11.6 Å². The standard InChI is InChI=1S/C18H22ClFO4/c1-3-5-8-13(7-4-2)23-16(21)11-12-17(22)24-18-14(19)9-6-10-15(18)20/h6,9-13H,3-5,7-8H2,1-2H3/b12-11+. The minimum atomic E-state index is -0.903. The Balaban J connectivity index is 2.57. The summed E-state index contributed by atoms with van der Waals surface area (Å²) in [6.45, 7) is 4.08. The zero-order valence-corrected chi connectivity index (χ0v) is 14.6. The van der Waals surface area contributed by atoms with Crippen LogP contribution in [0.15, 0.2) is 30.4 Å². The van der Waals surface area contributed by atoms with Crippen LogP contribution in [0.1, 0.15) is 46.0 Å². The fraction of sp³-hybridized carbons (Fsp3) is 0.444. The summed E-state index contributed by atoms with van der Waals surface area (Å²) < 4.78 is 23.6. The van der Waals surface area contributed by atoms with E-state index in [0.29, 0.717) is 0 Å². The smallest absolute Gasteiger partial charge is 0.336 e. The lowest BCUT2D eigenvalue weighted by Gasteiger charge is -2.15. The Labute approximate surface area is 146 Å². The molecular weight excluding hydrogens is 335 g/mol. The molecule has 0 heterocycles. The van der Waals surface area contributed by atoms with Gasteiger partial charge in [0.1, 0.15) is 6.10 Å². The summed E-state index contributed by atoms with van der Waals surface area (Å²) in [7, 11) is 0. The molecule has 6 heteroatoms. The van der Waals surface area contributed by atoms with Gasteiger partial charge in [0, 0.05) is 12.2 Å². The number of esters is 2. The summed E-state index contributed by atoms with van der Waals surface area (Å²) >= 11 is 5.76. The highest BCUT2D eigenvalue weighted by molar-refractivity contribution is 6.32. The Kier molecular flexibility index (Phi) is 9.08. The SMILES string of the molecule is CCCCC(CCC)OC(=O)/C=C/C(=O)Oc1c(F)cccc1Cl. The van der Waals surface area contributed by atoms with Crippen LogP contribution in [0.4, 0.5) is 4.39 Å². The summed E-state index contributed by atoms with van der Waals surface area (Å²) in [5, 5.41) is -0.0260. The topological polar surface area (TPSA) is 52.6 Å². The number of halogens is 2. The average molecular weight is 357 g/mol. The number of hydrogen-bond donors (Lipinski definition) is 0. The maximum Gasteiger partial charge on any atom is 0.336 e. The monoisotopic (exact) mass is 356 g/mol. The fourth-order valence-electron chi connectivity index (χ4n) is 2.07. The molecule has 0 aromatic heterocycles. The van der Waals surface area contributed by atoms with Gasteiger partial charge < -0.3 is 9.47 Å². The van der Waals surface area contributed by atoms with E-state index in [1.54, 1.807) is 0 Å². The first-order chi connectivity index (χ1) is 11.5. The van der Waals surface area contributed by atoms with Crippen molar-refractivity contribution in [2.45, 2.75) is 52.1 Å². The van der Waals surface area contributed by atoms with Crippen LogP contribution in [0.3, 0.4) is 0 Å². The molecule has 24 heavy (non-hydrogen) atoms. The molecule has 0 radical (unpaired) electrons. The second-order valence-corrected chi connectivity index (χ2v) is 5.70. The lowest BCUT2D eigenvalue weighted by atomic mass is 10.1. The van der Waals surface area contributed by atoms with Crippen molar-refractivity contribution in [3.63, 3.8) is 0 Å². The normalized spacial score (nSPS) is 12.2. The molecule has 1 atom stereocenters. The van der Waals surface area contributed by atoms with E-state index >= 15 is 0 Å². The Morgan fingerprint density at radius 2 is 1.88 bits per heavy atom. The molecule has 1 rings (SSSR count). The van der Waals surface area contributed by atoms with Gasteiger partial charge in [0.15, 0.2) is 11.6 Å². The van der Waals surface area contributed by atoms with Crippen molar-refractivity contribution in [3.05, 3.63) is 41.2 Å². The Bertz CT molecular complexity index is 566. The van der Waals surface area contributed by atoms with Gasteiger partial charge in [0.2, 0.25) is 0 Å². The van der Waals surface area contributed by atoms with Gasteiger partial charge in [-0.25, -0.2) is 14.0 Å². The maximum absolute atomic E-state index is 13.5.